The van der Waals surface area contributed by atoms with Crippen LogP contribution in [0.5, 0.6) is 0 Å². The lowest BCUT2D eigenvalue weighted by atomic mass is 9.89. The number of nitrogens with one attached hydrogen (secondary N) is 1. The van der Waals surface area contributed by atoms with Crippen molar-refractivity contribution in [2.24, 2.45) is 0 Å². The van der Waals surface area contributed by atoms with Gasteiger partial charge in [0.05, 0.1) is 17.0 Å². The van der Waals surface area contributed by atoms with Crippen molar-refractivity contribution in [1.82, 2.24) is 9.97 Å². The Bertz CT molecular complexity index is 626. The second-order valence-corrected chi connectivity index (χ2v) is 5.79. The zero-order valence-electron chi connectivity index (χ0n) is 11.7. The van der Waals surface area contributed by atoms with Gasteiger partial charge in [0.2, 0.25) is 0 Å². The Kier molecular flexibility index (Phi) is 3.47. The number of fused-ring (bicyclic) bond motifs is 1. The molecule has 1 heterocycles. The second-order valence-electron chi connectivity index (χ2n) is 5.79. The summed E-state index contributed by atoms with van der Waals surface area (Å²) in [5, 5.41) is 9.09. The molecule has 3 rings (SSSR count). The molecule has 2 N–H and O–H groups in total. The van der Waals surface area contributed by atoms with Crippen molar-refractivity contribution in [2.45, 2.75) is 50.9 Å². The summed E-state index contributed by atoms with van der Waals surface area (Å²) in [6.07, 6.45) is 6.30. The van der Waals surface area contributed by atoms with Crippen LogP contribution in [0.4, 0.5) is 0 Å². The molecule has 0 amide bonds. The van der Waals surface area contributed by atoms with Crippen LogP contribution in [-0.2, 0) is 4.79 Å². The van der Waals surface area contributed by atoms with Gasteiger partial charge in [0.1, 0.15) is 5.82 Å². The highest BCUT2D eigenvalue weighted by Gasteiger charge is 2.20. The minimum atomic E-state index is -0.795. The molecule has 1 saturated carbocycles. The van der Waals surface area contributed by atoms with E-state index in [9.17, 15) is 4.79 Å². The molecule has 4 heteroatoms. The summed E-state index contributed by atoms with van der Waals surface area (Å²) in [4.78, 5) is 19.1. The number of aromatic amines is 1. The number of hydrogen-bond donors (Lipinski definition) is 2. The fourth-order valence-corrected chi connectivity index (χ4v) is 3.03. The maximum Gasteiger partial charge on any atom is 0.310 e. The van der Waals surface area contributed by atoms with Crippen molar-refractivity contribution in [3.8, 4) is 0 Å². The monoisotopic (exact) mass is 272 g/mol. The number of rotatable bonds is 3. The van der Waals surface area contributed by atoms with E-state index in [1.54, 1.807) is 6.92 Å². The van der Waals surface area contributed by atoms with Gasteiger partial charge in [-0.25, -0.2) is 4.98 Å². The number of carboxylic acids is 1. The Morgan fingerprint density at radius 3 is 2.80 bits per heavy atom. The Balaban J connectivity index is 1.92. The lowest BCUT2D eigenvalue weighted by Crippen LogP contribution is -2.07. The molecule has 1 aromatic carbocycles. The number of carboxylic acid groups (broad SMARTS) is 1. The molecule has 1 aliphatic rings. The van der Waals surface area contributed by atoms with E-state index < -0.39 is 11.9 Å². The molecule has 0 radical (unpaired) electrons. The molecule has 0 bridgehead atoms. The van der Waals surface area contributed by atoms with Gasteiger partial charge in [0.25, 0.3) is 0 Å². The zero-order chi connectivity index (χ0) is 14.1. The second kappa shape index (κ2) is 5.27. The van der Waals surface area contributed by atoms with Gasteiger partial charge in [-0.3, -0.25) is 4.79 Å². The van der Waals surface area contributed by atoms with E-state index in [0.717, 1.165) is 22.4 Å². The van der Waals surface area contributed by atoms with E-state index in [2.05, 4.69) is 9.97 Å². The van der Waals surface area contributed by atoms with Crippen LogP contribution >= 0.6 is 0 Å². The van der Waals surface area contributed by atoms with Gasteiger partial charge in [0, 0.05) is 5.92 Å². The van der Waals surface area contributed by atoms with Crippen molar-refractivity contribution < 1.29 is 9.90 Å². The number of nitrogens with zero attached hydrogens (tertiary/aromatic N) is 1. The average molecular weight is 272 g/mol. The molecule has 0 spiro atoms. The van der Waals surface area contributed by atoms with Crippen LogP contribution in [0.1, 0.15) is 62.3 Å². The normalized spacial score (nSPS) is 18.2. The minimum absolute atomic E-state index is 0.485. The molecule has 106 valence electrons. The first kappa shape index (κ1) is 13.2. The lowest BCUT2D eigenvalue weighted by Gasteiger charge is -2.18. The topological polar surface area (TPSA) is 66.0 Å². The highest BCUT2D eigenvalue weighted by molar-refractivity contribution is 5.80. The number of H-pyrrole nitrogens is 1. The van der Waals surface area contributed by atoms with Crippen LogP contribution in [0.25, 0.3) is 11.0 Å². The maximum atomic E-state index is 11.1. The van der Waals surface area contributed by atoms with E-state index in [4.69, 9.17) is 5.11 Å². The van der Waals surface area contributed by atoms with Crippen LogP contribution < -0.4 is 0 Å². The van der Waals surface area contributed by atoms with Crippen molar-refractivity contribution in [3.05, 3.63) is 29.6 Å². The van der Waals surface area contributed by atoms with Crippen molar-refractivity contribution in [3.63, 3.8) is 0 Å². The number of carbonyl (C=O) groups is 1. The summed E-state index contributed by atoms with van der Waals surface area (Å²) in [6.45, 7) is 1.71. The van der Waals surface area contributed by atoms with Gasteiger partial charge in [-0.05, 0) is 37.5 Å². The highest BCUT2D eigenvalue weighted by atomic mass is 16.4. The van der Waals surface area contributed by atoms with Gasteiger partial charge >= 0.3 is 5.97 Å². The largest absolute Gasteiger partial charge is 0.481 e. The number of benzene rings is 1. The molecule has 1 atom stereocenters. The third-order valence-corrected chi connectivity index (χ3v) is 4.39. The predicted molar refractivity (Wildman–Crippen MR) is 78.0 cm³/mol. The SMILES string of the molecule is CC(C(=O)O)c1ccc2nc(C3CCCCC3)[nH]c2c1. The van der Waals surface area contributed by atoms with Crippen LogP contribution in [-0.4, -0.2) is 21.0 Å². The molecular formula is C16H20N2O2. The standard InChI is InChI=1S/C16H20N2O2/c1-10(16(19)20)12-7-8-13-14(9-12)18-15(17-13)11-5-3-2-4-6-11/h7-11H,2-6H2,1H3,(H,17,18)(H,19,20). The Labute approximate surface area is 118 Å². The van der Waals surface area contributed by atoms with Crippen molar-refractivity contribution >= 4 is 17.0 Å². The number of aromatic nitrogens is 2. The maximum absolute atomic E-state index is 11.1. The van der Waals surface area contributed by atoms with Crippen LogP contribution in [0.3, 0.4) is 0 Å². The van der Waals surface area contributed by atoms with Crippen molar-refractivity contribution in [1.29, 1.82) is 0 Å². The Hall–Kier alpha value is -1.84. The molecule has 4 nitrogen and oxygen atoms in total. The summed E-state index contributed by atoms with van der Waals surface area (Å²) in [7, 11) is 0. The summed E-state index contributed by atoms with van der Waals surface area (Å²) >= 11 is 0. The zero-order valence-corrected chi connectivity index (χ0v) is 11.7. The first-order chi connectivity index (χ1) is 9.65. The summed E-state index contributed by atoms with van der Waals surface area (Å²) < 4.78 is 0. The first-order valence-corrected chi connectivity index (χ1v) is 7.37. The predicted octanol–water partition coefficient (Wildman–Crippen LogP) is 3.80. The van der Waals surface area contributed by atoms with Gasteiger partial charge in [-0.2, -0.15) is 0 Å². The molecule has 1 aliphatic carbocycles. The van der Waals surface area contributed by atoms with E-state index in [-0.39, 0.29) is 0 Å². The quantitative estimate of drug-likeness (QED) is 0.893. The molecule has 20 heavy (non-hydrogen) atoms. The average Bonchev–Trinajstić information content (AvgIpc) is 2.90. The van der Waals surface area contributed by atoms with E-state index >= 15 is 0 Å². The Morgan fingerprint density at radius 1 is 1.35 bits per heavy atom. The van der Waals surface area contributed by atoms with Gasteiger partial charge in [0.15, 0.2) is 0 Å². The molecular weight excluding hydrogens is 252 g/mol. The molecule has 0 aliphatic heterocycles. The number of aliphatic carboxylic acids is 1. The van der Waals surface area contributed by atoms with E-state index in [1.807, 2.05) is 18.2 Å². The fourth-order valence-electron chi connectivity index (χ4n) is 3.03. The van der Waals surface area contributed by atoms with Gasteiger partial charge < -0.3 is 10.1 Å². The molecule has 2 aromatic rings. The van der Waals surface area contributed by atoms with Crippen LogP contribution in [0.2, 0.25) is 0 Å². The van der Waals surface area contributed by atoms with Crippen LogP contribution in [0, 0.1) is 0 Å². The molecule has 0 saturated heterocycles. The molecule has 1 unspecified atom stereocenters. The van der Waals surface area contributed by atoms with Gasteiger partial charge in [-0.15, -0.1) is 0 Å². The summed E-state index contributed by atoms with van der Waals surface area (Å²) in [6, 6.07) is 5.72. The number of hydrogen-bond acceptors (Lipinski definition) is 2. The first-order valence-electron chi connectivity index (χ1n) is 7.37. The Morgan fingerprint density at radius 2 is 2.10 bits per heavy atom. The third-order valence-electron chi connectivity index (χ3n) is 4.39. The summed E-state index contributed by atoms with van der Waals surface area (Å²) in [5.74, 6) is 0.327. The summed E-state index contributed by atoms with van der Waals surface area (Å²) in [5.41, 5.74) is 2.71. The van der Waals surface area contributed by atoms with Crippen molar-refractivity contribution in [2.75, 3.05) is 0 Å². The minimum Gasteiger partial charge on any atom is -0.481 e. The van der Waals surface area contributed by atoms with Gasteiger partial charge in [-0.1, -0.05) is 25.3 Å². The highest BCUT2D eigenvalue weighted by Crippen LogP contribution is 2.32. The third kappa shape index (κ3) is 2.42. The smallest absolute Gasteiger partial charge is 0.310 e. The van der Waals surface area contributed by atoms with E-state index in [0.29, 0.717) is 5.92 Å². The lowest BCUT2D eigenvalue weighted by molar-refractivity contribution is -0.138. The molecule has 1 fully saturated rings. The van der Waals surface area contributed by atoms with Crippen LogP contribution in [0.15, 0.2) is 18.2 Å². The number of imidazole rings is 1. The van der Waals surface area contributed by atoms with E-state index in [1.165, 1.54) is 32.1 Å². The molecule has 1 aromatic heterocycles. The fraction of sp³-hybridized carbons (Fsp3) is 0.500.